The standard InChI is InChI=1S/C17H30O2/c1-2-3-4-13-5-7-14(8-6-13)15-9-11-16(12-10-15)17(18)19/h13-16H,2-12H2,1H3,(H,18,19)/t13-,14-,15?,16?. The zero-order valence-electron chi connectivity index (χ0n) is 12.4. The van der Waals surface area contributed by atoms with Crippen LogP contribution in [-0.2, 0) is 4.79 Å². The van der Waals surface area contributed by atoms with Gasteiger partial charge in [-0.05, 0) is 56.3 Å². The van der Waals surface area contributed by atoms with Crippen LogP contribution in [-0.4, -0.2) is 11.1 Å². The van der Waals surface area contributed by atoms with Gasteiger partial charge in [-0.2, -0.15) is 0 Å². The third-order valence-electron chi connectivity index (χ3n) is 5.65. The van der Waals surface area contributed by atoms with E-state index in [0.29, 0.717) is 0 Å². The molecule has 0 amide bonds. The average molecular weight is 266 g/mol. The molecule has 2 fully saturated rings. The van der Waals surface area contributed by atoms with Crippen molar-refractivity contribution in [2.75, 3.05) is 0 Å². The van der Waals surface area contributed by atoms with Crippen LogP contribution in [0.25, 0.3) is 0 Å². The summed E-state index contributed by atoms with van der Waals surface area (Å²) in [6.07, 6.45) is 14.1. The van der Waals surface area contributed by atoms with Crippen LogP contribution >= 0.6 is 0 Å². The maximum absolute atomic E-state index is 11.0. The molecule has 2 rings (SSSR count). The zero-order chi connectivity index (χ0) is 13.7. The molecule has 110 valence electrons. The molecule has 2 nitrogen and oxygen atoms in total. The van der Waals surface area contributed by atoms with E-state index in [0.717, 1.165) is 30.6 Å². The maximum atomic E-state index is 11.0. The van der Waals surface area contributed by atoms with Gasteiger partial charge in [0.15, 0.2) is 0 Å². The van der Waals surface area contributed by atoms with Gasteiger partial charge < -0.3 is 5.11 Å². The minimum absolute atomic E-state index is 0.0443. The van der Waals surface area contributed by atoms with Crippen LogP contribution in [0.15, 0.2) is 0 Å². The van der Waals surface area contributed by atoms with Gasteiger partial charge in [-0.3, -0.25) is 4.79 Å². The molecule has 0 saturated heterocycles. The highest BCUT2D eigenvalue weighted by molar-refractivity contribution is 5.69. The van der Waals surface area contributed by atoms with Crippen molar-refractivity contribution in [1.29, 1.82) is 0 Å². The highest BCUT2D eigenvalue weighted by Gasteiger charge is 2.32. The van der Waals surface area contributed by atoms with Crippen LogP contribution in [0.5, 0.6) is 0 Å². The molecule has 1 N–H and O–H groups in total. The Morgan fingerprint density at radius 3 is 1.95 bits per heavy atom. The fourth-order valence-electron chi connectivity index (χ4n) is 4.28. The number of hydrogen-bond acceptors (Lipinski definition) is 1. The lowest BCUT2D eigenvalue weighted by Gasteiger charge is -2.37. The van der Waals surface area contributed by atoms with E-state index in [1.54, 1.807) is 0 Å². The van der Waals surface area contributed by atoms with E-state index in [9.17, 15) is 4.79 Å². The van der Waals surface area contributed by atoms with Crippen LogP contribution in [0.3, 0.4) is 0 Å². The topological polar surface area (TPSA) is 37.3 Å². The largest absolute Gasteiger partial charge is 0.481 e. The van der Waals surface area contributed by atoms with Crippen molar-refractivity contribution in [2.24, 2.45) is 23.7 Å². The first kappa shape index (κ1) is 14.9. The smallest absolute Gasteiger partial charge is 0.306 e. The second kappa shape index (κ2) is 7.31. The predicted molar refractivity (Wildman–Crippen MR) is 78.1 cm³/mol. The van der Waals surface area contributed by atoms with Crippen LogP contribution in [0.4, 0.5) is 0 Å². The van der Waals surface area contributed by atoms with E-state index < -0.39 is 5.97 Å². The first-order chi connectivity index (χ1) is 9.20. The van der Waals surface area contributed by atoms with Gasteiger partial charge in [0, 0.05) is 0 Å². The average Bonchev–Trinajstić information content (AvgIpc) is 2.46. The summed E-state index contributed by atoms with van der Waals surface area (Å²) in [6, 6.07) is 0. The van der Waals surface area contributed by atoms with Gasteiger partial charge in [0.2, 0.25) is 0 Å². The Bertz CT molecular complexity index is 271. The summed E-state index contributed by atoms with van der Waals surface area (Å²) < 4.78 is 0. The Labute approximate surface area is 118 Å². The van der Waals surface area contributed by atoms with Crippen molar-refractivity contribution in [2.45, 2.75) is 77.6 Å². The summed E-state index contributed by atoms with van der Waals surface area (Å²) in [6.45, 7) is 2.28. The van der Waals surface area contributed by atoms with E-state index in [-0.39, 0.29) is 5.92 Å². The monoisotopic (exact) mass is 266 g/mol. The fraction of sp³-hybridized carbons (Fsp3) is 0.941. The summed E-state index contributed by atoms with van der Waals surface area (Å²) >= 11 is 0. The third kappa shape index (κ3) is 4.22. The highest BCUT2D eigenvalue weighted by atomic mass is 16.4. The first-order valence-electron chi connectivity index (χ1n) is 8.43. The van der Waals surface area contributed by atoms with Gasteiger partial charge in [-0.1, -0.05) is 39.0 Å². The molecule has 0 aromatic heterocycles. The van der Waals surface area contributed by atoms with Crippen LogP contribution in [0, 0.1) is 23.7 Å². The van der Waals surface area contributed by atoms with Gasteiger partial charge >= 0.3 is 5.97 Å². The first-order valence-corrected chi connectivity index (χ1v) is 8.43. The van der Waals surface area contributed by atoms with Crippen LogP contribution in [0.1, 0.15) is 77.6 Å². The predicted octanol–water partition coefficient (Wildman–Crippen LogP) is 4.87. The van der Waals surface area contributed by atoms with Gasteiger partial charge in [0.1, 0.15) is 0 Å². The van der Waals surface area contributed by atoms with Crippen molar-refractivity contribution < 1.29 is 9.90 Å². The SMILES string of the molecule is CCCC[C@H]1CC[C@H](C2CCC(C(=O)O)CC2)CC1. The van der Waals surface area contributed by atoms with Crippen molar-refractivity contribution in [1.82, 2.24) is 0 Å². The summed E-state index contributed by atoms with van der Waals surface area (Å²) in [5.41, 5.74) is 0. The normalized spacial score (nSPS) is 36.1. The summed E-state index contributed by atoms with van der Waals surface area (Å²) in [5.74, 6) is 2.13. The quantitative estimate of drug-likeness (QED) is 0.770. The highest BCUT2D eigenvalue weighted by Crippen LogP contribution is 2.42. The molecule has 2 heteroatoms. The van der Waals surface area contributed by atoms with Gasteiger partial charge in [0.05, 0.1) is 5.92 Å². The van der Waals surface area contributed by atoms with Crippen molar-refractivity contribution in [3.8, 4) is 0 Å². The van der Waals surface area contributed by atoms with Gasteiger partial charge in [-0.25, -0.2) is 0 Å². The van der Waals surface area contributed by atoms with E-state index in [1.807, 2.05) is 0 Å². The molecular weight excluding hydrogens is 236 g/mol. The number of unbranched alkanes of at least 4 members (excludes halogenated alkanes) is 1. The summed E-state index contributed by atoms with van der Waals surface area (Å²) in [4.78, 5) is 11.0. The molecule has 0 unspecified atom stereocenters. The minimum atomic E-state index is -0.568. The van der Waals surface area contributed by atoms with E-state index in [4.69, 9.17) is 5.11 Å². The molecule has 2 saturated carbocycles. The molecule has 0 bridgehead atoms. The molecule has 2 aliphatic carbocycles. The molecule has 2 aliphatic rings. The molecule has 19 heavy (non-hydrogen) atoms. The Morgan fingerprint density at radius 1 is 0.947 bits per heavy atom. The second-order valence-corrected chi connectivity index (χ2v) is 6.87. The molecule has 0 aromatic carbocycles. The molecule has 0 heterocycles. The molecule has 0 radical (unpaired) electrons. The zero-order valence-corrected chi connectivity index (χ0v) is 12.4. The lowest BCUT2D eigenvalue weighted by Crippen LogP contribution is -2.28. The number of hydrogen-bond donors (Lipinski definition) is 1. The lowest BCUT2D eigenvalue weighted by molar-refractivity contribution is -0.143. The number of carboxylic acid groups (broad SMARTS) is 1. The van der Waals surface area contributed by atoms with Crippen molar-refractivity contribution in [3.05, 3.63) is 0 Å². The lowest BCUT2D eigenvalue weighted by atomic mass is 9.68. The van der Waals surface area contributed by atoms with Crippen LogP contribution in [0.2, 0.25) is 0 Å². The number of carbonyl (C=O) groups is 1. The molecule has 0 aliphatic heterocycles. The molecule has 0 aromatic rings. The van der Waals surface area contributed by atoms with Crippen molar-refractivity contribution in [3.63, 3.8) is 0 Å². The Hall–Kier alpha value is -0.530. The van der Waals surface area contributed by atoms with E-state index in [2.05, 4.69) is 6.92 Å². The number of carboxylic acids is 1. The van der Waals surface area contributed by atoms with Crippen molar-refractivity contribution >= 4 is 5.97 Å². The molecular formula is C17H30O2. The second-order valence-electron chi connectivity index (χ2n) is 6.87. The maximum Gasteiger partial charge on any atom is 0.306 e. The number of rotatable bonds is 5. The minimum Gasteiger partial charge on any atom is -0.481 e. The Balaban J connectivity index is 1.69. The van der Waals surface area contributed by atoms with E-state index in [1.165, 1.54) is 57.8 Å². The summed E-state index contributed by atoms with van der Waals surface area (Å²) in [7, 11) is 0. The van der Waals surface area contributed by atoms with Crippen LogP contribution < -0.4 is 0 Å². The Morgan fingerprint density at radius 2 is 1.47 bits per heavy atom. The summed E-state index contributed by atoms with van der Waals surface area (Å²) in [5, 5.41) is 9.05. The van der Waals surface area contributed by atoms with E-state index >= 15 is 0 Å². The number of aliphatic carboxylic acids is 1. The molecule has 0 atom stereocenters. The molecule has 0 spiro atoms. The Kier molecular flexibility index (Phi) is 5.72. The van der Waals surface area contributed by atoms with Gasteiger partial charge in [-0.15, -0.1) is 0 Å². The van der Waals surface area contributed by atoms with Gasteiger partial charge in [0.25, 0.3) is 0 Å². The third-order valence-corrected chi connectivity index (χ3v) is 5.65. The fourth-order valence-corrected chi connectivity index (χ4v) is 4.28.